The molecule has 0 bridgehead atoms. The van der Waals surface area contributed by atoms with Gasteiger partial charge in [0.2, 0.25) is 5.89 Å². The van der Waals surface area contributed by atoms with E-state index in [1.165, 1.54) is 31.2 Å². The smallest absolute Gasteiger partial charge is 0.223 e. The Morgan fingerprint density at radius 1 is 1.29 bits per heavy atom. The number of Topliss-reactive ketones (excluding diaryl/α,β-unsaturated/α-hetero) is 1. The van der Waals surface area contributed by atoms with Gasteiger partial charge in [0.05, 0.1) is 6.10 Å². The van der Waals surface area contributed by atoms with Gasteiger partial charge in [-0.05, 0) is 56.6 Å². The molecule has 1 aromatic carbocycles. The van der Waals surface area contributed by atoms with E-state index in [1.807, 2.05) is 26.0 Å². The Bertz CT molecular complexity index is 864. The molecular weight excluding hydrogens is 352 g/mol. The maximum Gasteiger partial charge on any atom is 0.223 e. The molecule has 5 heteroatoms. The molecule has 0 saturated heterocycles. The molecule has 5 nitrogen and oxygen atoms in total. The zero-order valence-corrected chi connectivity index (χ0v) is 17.3. The fraction of sp³-hybridized carbons (Fsp3) is 0.609. The lowest BCUT2D eigenvalue weighted by Crippen LogP contribution is -2.28. The van der Waals surface area contributed by atoms with E-state index < -0.39 is 5.41 Å². The molecule has 4 rings (SSSR count). The molecule has 1 heterocycles. The van der Waals surface area contributed by atoms with E-state index in [0.29, 0.717) is 35.5 Å². The van der Waals surface area contributed by atoms with E-state index in [9.17, 15) is 4.79 Å². The van der Waals surface area contributed by atoms with Crippen LogP contribution >= 0.6 is 0 Å². The van der Waals surface area contributed by atoms with E-state index >= 15 is 0 Å². The summed E-state index contributed by atoms with van der Waals surface area (Å²) >= 11 is 0. The highest BCUT2D eigenvalue weighted by Crippen LogP contribution is 2.46. The van der Waals surface area contributed by atoms with Crippen molar-refractivity contribution in [1.82, 2.24) is 10.1 Å². The molecule has 0 radical (unpaired) electrons. The van der Waals surface area contributed by atoms with E-state index in [2.05, 4.69) is 23.1 Å². The first-order chi connectivity index (χ1) is 13.3. The molecule has 1 aromatic heterocycles. The average molecular weight is 383 g/mol. The number of carbonyl (C=O) groups excluding carboxylic acids is 1. The summed E-state index contributed by atoms with van der Waals surface area (Å²) in [5, 5.41) is 4.15. The number of aryl methyl sites for hydroxylation is 1. The van der Waals surface area contributed by atoms with Gasteiger partial charge in [-0.15, -0.1) is 0 Å². The molecule has 2 aromatic rings. The molecule has 28 heavy (non-hydrogen) atoms. The number of aromatic nitrogens is 2. The molecule has 150 valence electrons. The maximum atomic E-state index is 13.2. The third-order valence-corrected chi connectivity index (χ3v) is 5.77. The second-order valence-corrected chi connectivity index (χ2v) is 9.14. The lowest BCUT2D eigenvalue weighted by atomic mass is 9.78. The summed E-state index contributed by atoms with van der Waals surface area (Å²) in [4.78, 5) is 17.7. The number of rotatable bonds is 9. The normalized spacial score (nSPS) is 18.9. The second-order valence-electron chi connectivity index (χ2n) is 9.14. The summed E-state index contributed by atoms with van der Waals surface area (Å²) < 4.78 is 11.3. The predicted octanol–water partition coefficient (Wildman–Crippen LogP) is 5.37. The van der Waals surface area contributed by atoms with Crippen molar-refractivity contribution in [3.05, 3.63) is 41.0 Å². The number of hydrogen-bond acceptors (Lipinski definition) is 5. The Balaban J connectivity index is 1.58. The minimum Gasteiger partial charge on any atom is -0.491 e. The van der Waals surface area contributed by atoms with E-state index in [-0.39, 0.29) is 11.9 Å². The Labute approximate surface area is 166 Å². The van der Waals surface area contributed by atoms with E-state index in [1.54, 1.807) is 6.92 Å². The topological polar surface area (TPSA) is 65.2 Å². The minimum atomic E-state index is -0.399. The van der Waals surface area contributed by atoms with Crippen molar-refractivity contribution in [3.8, 4) is 5.75 Å². The third kappa shape index (κ3) is 4.29. The molecular formula is C23H30N2O3. The van der Waals surface area contributed by atoms with Crippen molar-refractivity contribution in [2.75, 3.05) is 0 Å². The summed E-state index contributed by atoms with van der Waals surface area (Å²) in [7, 11) is 0. The van der Waals surface area contributed by atoms with E-state index in [4.69, 9.17) is 9.26 Å². The molecule has 2 aliphatic rings. The van der Waals surface area contributed by atoms with Crippen molar-refractivity contribution in [2.45, 2.75) is 83.7 Å². The third-order valence-electron chi connectivity index (χ3n) is 5.77. The largest absolute Gasteiger partial charge is 0.491 e. The van der Waals surface area contributed by atoms with Gasteiger partial charge >= 0.3 is 0 Å². The zero-order chi connectivity index (χ0) is 19.9. The Hall–Kier alpha value is -2.17. The summed E-state index contributed by atoms with van der Waals surface area (Å²) in [6.07, 6.45) is 6.26. The monoisotopic (exact) mass is 382 g/mol. The highest BCUT2D eigenvalue weighted by Gasteiger charge is 2.40. The Morgan fingerprint density at radius 2 is 2.04 bits per heavy atom. The van der Waals surface area contributed by atoms with Crippen LogP contribution in [-0.2, 0) is 5.41 Å². The van der Waals surface area contributed by atoms with E-state index in [0.717, 1.165) is 12.2 Å². The number of hydrogen-bond donors (Lipinski definition) is 0. The van der Waals surface area contributed by atoms with Crippen LogP contribution in [-0.4, -0.2) is 22.0 Å². The molecule has 0 amide bonds. The zero-order valence-electron chi connectivity index (χ0n) is 17.3. The van der Waals surface area contributed by atoms with Crippen molar-refractivity contribution >= 4 is 5.78 Å². The van der Waals surface area contributed by atoms with Crippen LogP contribution in [0.2, 0.25) is 0 Å². The average Bonchev–Trinajstić information content (AvgIpc) is 3.55. The number of ether oxygens (including phenoxy) is 1. The van der Waals surface area contributed by atoms with Crippen LogP contribution in [0, 0.1) is 12.8 Å². The summed E-state index contributed by atoms with van der Waals surface area (Å²) in [5.41, 5.74) is 1.55. The molecule has 2 aliphatic carbocycles. The summed E-state index contributed by atoms with van der Waals surface area (Å²) in [6.45, 7) is 7.94. The molecule has 1 atom stereocenters. The van der Waals surface area contributed by atoms with Crippen molar-refractivity contribution < 1.29 is 14.1 Å². The summed E-state index contributed by atoms with van der Waals surface area (Å²) in [6, 6.07) is 5.98. The van der Waals surface area contributed by atoms with Gasteiger partial charge in [0.15, 0.2) is 11.6 Å². The van der Waals surface area contributed by atoms with Crippen LogP contribution in [0.3, 0.4) is 0 Å². The van der Waals surface area contributed by atoms with Crippen molar-refractivity contribution in [3.63, 3.8) is 0 Å². The fourth-order valence-corrected chi connectivity index (χ4v) is 4.00. The van der Waals surface area contributed by atoms with Gasteiger partial charge in [0.1, 0.15) is 5.75 Å². The number of nitrogens with zero attached hydrogens (tertiary/aromatic N) is 2. The Morgan fingerprint density at radius 3 is 2.61 bits per heavy atom. The lowest BCUT2D eigenvalue weighted by molar-refractivity contribution is 0.0944. The highest BCUT2D eigenvalue weighted by molar-refractivity contribution is 5.97. The SMILES string of the molecule is Cc1nc([C@](C)(CC(=O)c2ccc(C3CC3)c(OC(C)C)c2)CC2CC2)no1. The fourth-order valence-electron chi connectivity index (χ4n) is 4.00. The second kappa shape index (κ2) is 7.34. The molecule has 0 aliphatic heterocycles. The lowest BCUT2D eigenvalue weighted by Gasteiger charge is -2.25. The Kier molecular flexibility index (Phi) is 5.02. The van der Waals surface area contributed by atoms with Gasteiger partial charge in [0, 0.05) is 24.3 Å². The molecule has 0 unspecified atom stereocenters. The van der Waals surface area contributed by atoms with Crippen molar-refractivity contribution in [1.29, 1.82) is 0 Å². The van der Waals surface area contributed by atoms with Gasteiger partial charge in [-0.2, -0.15) is 4.98 Å². The van der Waals surface area contributed by atoms with Gasteiger partial charge in [-0.1, -0.05) is 37.1 Å². The first-order valence-corrected chi connectivity index (χ1v) is 10.5. The standard InChI is InChI=1S/C23H30N2O3/c1-14(2)27-21-11-18(9-10-19(21)17-7-8-17)20(26)13-23(4,12-16-5-6-16)22-24-15(3)28-25-22/h9-11,14,16-17H,5-8,12-13H2,1-4H3/t23-/m0/s1. The van der Waals surface area contributed by atoms with Crippen LogP contribution in [0.4, 0.5) is 0 Å². The van der Waals surface area contributed by atoms with Crippen molar-refractivity contribution in [2.24, 2.45) is 5.92 Å². The number of benzene rings is 1. The molecule has 2 saturated carbocycles. The quantitative estimate of drug-likeness (QED) is 0.545. The summed E-state index contributed by atoms with van der Waals surface area (Å²) in [5.74, 6) is 3.42. The molecule has 0 N–H and O–H groups in total. The molecule has 0 spiro atoms. The molecule has 2 fully saturated rings. The van der Waals surface area contributed by atoms with Gasteiger partial charge in [-0.3, -0.25) is 4.79 Å². The van der Waals surface area contributed by atoms with Gasteiger partial charge in [-0.25, -0.2) is 0 Å². The van der Waals surface area contributed by atoms with Crippen LogP contribution in [0.1, 0.15) is 92.9 Å². The van der Waals surface area contributed by atoms with Gasteiger partial charge in [0.25, 0.3) is 0 Å². The van der Waals surface area contributed by atoms with Crippen LogP contribution in [0.5, 0.6) is 5.75 Å². The van der Waals surface area contributed by atoms with Crippen LogP contribution in [0.25, 0.3) is 0 Å². The highest BCUT2D eigenvalue weighted by atomic mass is 16.5. The maximum absolute atomic E-state index is 13.2. The van der Waals surface area contributed by atoms with Gasteiger partial charge < -0.3 is 9.26 Å². The van der Waals surface area contributed by atoms with Crippen LogP contribution in [0.15, 0.2) is 22.7 Å². The van der Waals surface area contributed by atoms with Crippen LogP contribution < -0.4 is 4.74 Å². The first kappa shape index (κ1) is 19.2. The minimum absolute atomic E-state index is 0.0882. The number of carbonyl (C=O) groups is 1. The predicted molar refractivity (Wildman–Crippen MR) is 107 cm³/mol. The number of ketones is 1. The first-order valence-electron chi connectivity index (χ1n) is 10.5.